The van der Waals surface area contributed by atoms with Crippen molar-refractivity contribution in [2.45, 2.75) is 51.5 Å². The maximum atomic E-state index is 5.13. The van der Waals surface area contributed by atoms with Crippen LogP contribution in [0.5, 0.6) is 0 Å². The molecule has 2 rings (SSSR count). The third-order valence-electron chi connectivity index (χ3n) is 2.39. The monoisotopic (exact) mass is 195 g/mol. The molecule has 1 aliphatic carbocycles. The summed E-state index contributed by atoms with van der Waals surface area (Å²) in [6, 6.07) is 0.541. The molecule has 0 amide bonds. The molecule has 0 spiro atoms. The van der Waals surface area contributed by atoms with Crippen molar-refractivity contribution >= 4 is 6.01 Å². The molecule has 1 N–H and O–H groups in total. The fourth-order valence-corrected chi connectivity index (χ4v) is 1.44. The van der Waals surface area contributed by atoms with Crippen LogP contribution in [-0.2, 0) is 0 Å². The molecule has 0 saturated heterocycles. The van der Waals surface area contributed by atoms with E-state index in [1.165, 1.54) is 19.3 Å². The van der Waals surface area contributed by atoms with Gasteiger partial charge in [-0.15, -0.1) is 0 Å². The van der Waals surface area contributed by atoms with Crippen molar-refractivity contribution < 1.29 is 4.52 Å². The molecule has 1 heterocycles. The van der Waals surface area contributed by atoms with Crippen molar-refractivity contribution in [3.8, 4) is 0 Å². The molecule has 0 bridgehead atoms. The van der Waals surface area contributed by atoms with Crippen LogP contribution in [-0.4, -0.2) is 15.7 Å². The highest BCUT2D eigenvalue weighted by atomic mass is 16.5. The predicted molar refractivity (Wildman–Crippen MR) is 54.3 cm³/mol. The number of rotatable bonds is 2. The lowest BCUT2D eigenvalue weighted by atomic mass is 9.85. The van der Waals surface area contributed by atoms with Gasteiger partial charge in [-0.05, 0) is 33.6 Å². The molecule has 1 saturated carbocycles. The molecular formula is C10H17N3O. The van der Waals surface area contributed by atoms with Crippen LogP contribution < -0.4 is 5.32 Å². The third-order valence-corrected chi connectivity index (χ3v) is 2.39. The van der Waals surface area contributed by atoms with Crippen molar-refractivity contribution in [2.75, 3.05) is 5.32 Å². The van der Waals surface area contributed by atoms with Gasteiger partial charge >= 0.3 is 6.01 Å². The van der Waals surface area contributed by atoms with Crippen molar-refractivity contribution in [2.24, 2.45) is 0 Å². The molecule has 78 valence electrons. The molecule has 1 fully saturated rings. The van der Waals surface area contributed by atoms with Crippen LogP contribution in [0.4, 0.5) is 6.01 Å². The zero-order valence-electron chi connectivity index (χ0n) is 9.00. The van der Waals surface area contributed by atoms with E-state index in [-0.39, 0.29) is 5.54 Å². The second kappa shape index (κ2) is 3.26. The molecule has 0 radical (unpaired) electrons. The van der Waals surface area contributed by atoms with Gasteiger partial charge in [0.05, 0.1) is 0 Å². The zero-order valence-corrected chi connectivity index (χ0v) is 9.00. The van der Waals surface area contributed by atoms with E-state index in [1.807, 2.05) is 0 Å². The normalized spacial score (nSPS) is 17.9. The molecule has 4 nitrogen and oxygen atoms in total. The van der Waals surface area contributed by atoms with Crippen molar-refractivity contribution in [3.05, 3.63) is 5.82 Å². The molecule has 14 heavy (non-hydrogen) atoms. The van der Waals surface area contributed by atoms with Crippen LogP contribution >= 0.6 is 0 Å². The summed E-state index contributed by atoms with van der Waals surface area (Å²) < 4.78 is 5.13. The number of aromatic nitrogens is 2. The number of hydrogen-bond acceptors (Lipinski definition) is 4. The largest absolute Gasteiger partial charge is 0.333 e. The van der Waals surface area contributed by atoms with E-state index in [2.05, 4.69) is 36.2 Å². The minimum absolute atomic E-state index is 0.0244. The van der Waals surface area contributed by atoms with Crippen molar-refractivity contribution in [1.82, 2.24) is 10.1 Å². The van der Waals surface area contributed by atoms with E-state index in [0.29, 0.717) is 11.9 Å². The van der Waals surface area contributed by atoms with E-state index in [4.69, 9.17) is 4.52 Å². The molecule has 1 aromatic heterocycles. The highest BCUT2D eigenvalue weighted by Crippen LogP contribution is 2.34. The van der Waals surface area contributed by atoms with E-state index in [1.54, 1.807) is 0 Å². The van der Waals surface area contributed by atoms with Crippen LogP contribution in [0.2, 0.25) is 0 Å². The molecule has 0 atom stereocenters. The van der Waals surface area contributed by atoms with Gasteiger partial charge < -0.3 is 9.84 Å². The average molecular weight is 195 g/mol. The quantitative estimate of drug-likeness (QED) is 0.787. The Kier molecular flexibility index (Phi) is 2.21. The van der Waals surface area contributed by atoms with Gasteiger partial charge in [0.2, 0.25) is 0 Å². The van der Waals surface area contributed by atoms with E-state index < -0.39 is 0 Å². The molecule has 1 aromatic rings. The average Bonchev–Trinajstić information content (AvgIpc) is 2.28. The smallest absolute Gasteiger partial charge is 0.321 e. The summed E-state index contributed by atoms with van der Waals surface area (Å²) in [6.07, 6.45) is 3.70. The van der Waals surface area contributed by atoms with Crippen LogP contribution in [0.25, 0.3) is 0 Å². The first-order valence-electron chi connectivity index (χ1n) is 5.16. The summed E-state index contributed by atoms with van der Waals surface area (Å²) in [7, 11) is 0. The summed E-state index contributed by atoms with van der Waals surface area (Å²) >= 11 is 0. The topological polar surface area (TPSA) is 51.0 Å². The summed E-state index contributed by atoms with van der Waals surface area (Å²) in [5.74, 6) is 1.40. The lowest BCUT2D eigenvalue weighted by Crippen LogP contribution is -2.26. The van der Waals surface area contributed by atoms with Crippen LogP contribution in [0.15, 0.2) is 4.52 Å². The van der Waals surface area contributed by atoms with Gasteiger partial charge in [-0.1, -0.05) is 11.6 Å². The minimum atomic E-state index is -0.0244. The van der Waals surface area contributed by atoms with Gasteiger partial charge in [0.25, 0.3) is 0 Å². The van der Waals surface area contributed by atoms with Gasteiger partial charge in [0, 0.05) is 11.5 Å². The van der Waals surface area contributed by atoms with Crippen LogP contribution in [0.1, 0.15) is 51.8 Å². The van der Waals surface area contributed by atoms with Crippen LogP contribution in [0.3, 0.4) is 0 Å². The minimum Gasteiger partial charge on any atom is -0.333 e. The lowest BCUT2D eigenvalue weighted by Gasteiger charge is -2.21. The molecule has 4 heteroatoms. The maximum Gasteiger partial charge on any atom is 0.321 e. The Hall–Kier alpha value is -1.06. The Morgan fingerprint density at radius 3 is 2.57 bits per heavy atom. The number of nitrogens with zero attached hydrogens (tertiary/aromatic N) is 2. The second-order valence-electron chi connectivity index (χ2n) is 4.96. The van der Waals surface area contributed by atoms with Crippen molar-refractivity contribution in [3.63, 3.8) is 0 Å². The maximum absolute atomic E-state index is 5.13. The molecule has 1 aliphatic rings. The molecule has 0 aromatic carbocycles. The van der Waals surface area contributed by atoms with Gasteiger partial charge in [-0.25, -0.2) is 0 Å². The van der Waals surface area contributed by atoms with E-state index in [0.717, 1.165) is 5.82 Å². The van der Waals surface area contributed by atoms with Gasteiger partial charge in [0.15, 0.2) is 5.82 Å². The Balaban J connectivity index is 2.02. The summed E-state index contributed by atoms with van der Waals surface area (Å²) in [5, 5.41) is 7.14. The molecule has 0 unspecified atom stereocenters. The molecular weight excluding hydrogens is 178 g/mol. The van der Waals surface area contributed by atoms with Gasteiger partial charge in [-0.3, -0.25) is 0 Å². The fourth-order valence-electron chi connectivity index (χ4n) is 1.44. The number of anilines is 1. The second-order valence-corrected chi connectivity index (χ2v) is 4.96. The Labute approximate surface area is 84.1 Å². The molecule has 0 aliphatic heterocycles. The van der Waals surface area contributed by atoms with E-state index >= 15 is 0 Å². The Morgan fingerprint density at radius 1 is 1.36 bits per heavy atom. The SMILES string of the molecule is CC(C)(C)Nc1nc(C2CCC2)no1. The van der Waals surface area contributed by atoms with E-state index in [9.17, 15) is 0 Å². The van der Waals surface area contributed by atoms with Crippen molar-refractivity contribution in [1.29, 1.82) is 0 Å². The Bertz CT molecular complexity index is 309. The first-order chi connectivity index (χ1) is 6.54. The summed E-state index contributed by atoms with van der Waals surface area (Å²) in [5.41, 5.74) is -0.0244. The predicted octanol–water partition coefficient (Wildman–Crippen LogP) is 2.55. The first-order valence-corrected chi connectivity index (χ1v) is 5.16. The lowest BCUT2D eigenvalue weighted by molar-refractivity contribution is 0.364. The zero-order chi connectivity index (χ0) is 10.2. The third kappa shape index (κ3) is 2.05. The first kappa shape index (κ1) is 9.49. The highest BCUT2D eigenvalue weighted by Gasteiger charge is 2.25. The summed E-state index contributed by atoms with van der Waals surface area (Å²) in [6.45, 7) is 6.21. The number of nitrogens with one attached hydrogen (secondary N) is 1. The Morgan fingerprint density at radius 2 is 2.07 bits per heavy atom. The summed E-state index contributed by atoms with van der Waals surface area (Å²) in [4.78, 5) is 4.33. The van der Waals surface area contributed by atoms with Gasteiger partial charge in [-0.2, -0.15) is 4.98 Å². The number of hydrogen-bond donors (Lipinski definition) is 1. The fraction of sp³-hybridized carbons (Fsp3) is 0.800. The standard InChI is InChI=1S/C10H17N3O/c1-10(2,3)12-9-11-8(13-14-9)7-5-4-6-7/h7H,4-6H2,1-3H3,(H,11,12,13). The highest BCUT2D eigenvalue weighted by molar-refractivity contribution is 5.23. The van der Waals surface area contributed by atoms with Gasteiger partial charge in [0.1, 0.15) is 0 Å². The van der Waals surface area contributed by atoms with Crippen LogP contribution in [0, 0.1) is 0 Å².